The second kappa shape index (κ2) is 8.11. The van der Waals surface area contributed by atoms with Crippen molar-refractivity contribution in [2.24, 2.45) is 0 Å². The fourth-order valence-electron chi connectivity index (χ4n) is 3.61. The average Bonchev–Trinajstić information content (AvgIpc) is 3.39. The maximum Gasteiger partial charge on any atom is 0.224 e. The highest BCUT2D eigenvalue weighted by Crippen LogP contribution is 2.27. The van der Waals surface area contributed by atoms with Crippen molar-refractivity contribution in [2.45, 2.75) is 38.3 Å². The van der Waals surface area contributed by atoms with Gasteiger partial charge >= 0.3 is 0 Å². The molecule has 0 aliphatic carbocycles. The van der Waals surface area contributed by atoms with Crippen LogP contribution >= 0.6 is 0 Å². The van der Waals surface area contributed by atoms with Crippen LogP contribution in [0.25, 0.3) is 0 Å². The molecule has 0 saturated carbocycles. The molecular weight excluding hydrogens is 342 g/mol. The number of rotatable bonds is 6. The lowest BCUT2D eigenvalue weighted by molar-refractivity contribution is -0.132. The van der Waals surface area contributed by atoms with Crippen LogP contribution in [0.1, 0.15) is 36.6 Å². The number of aryl methyl sites for hydroxylation is 1. The van der Waals surface area contributed by atoms with Crippen molar-refractivity contribution in [3.8, 4) is 0 Å². The monoisotopic (exact) mass is 365 g/mol. The minimum Gasteiger partial charge on any atom is -0.343 e. The molecule has 140 valence electrons. The lowest BCUT2D eigenvalue weighted by Gasteiger charge is -2.32. The van der Waals surface area contributed by atoms with Crippen LogP contribution in [0.5, 0.6) is 0 Å². The van der Waals surface area contributed by atoms with Crippen LogP contribution in [0.15, 0.2) is 49.6 Å². The van der Waals surface area contributed by atoms with Gasteiger partial charge in [0.2, 0.25) is 5.91 Å². The summed E-state index contributed by atoms with van der Waals surface area (Å²) in [6.07, 6.45) is 13.0. The third-order valence-corrected chi connectivity index (χ3v) is 5.06. The number of carbonyl (C=O) groups is 1. The van der Waals surface area contributed by atoms with E-state index in [1.807, 2.05) is 29.6 Å². The van der Waals surface area contributed by atoms with Gasteiger partial charge in [-0.25, -0.2) is 9.97 Å². The predicted molar refractivity (Wildman–Crippen MR) is 98.8 cm³/mol. The summed E-state index contributed by atoms with van der Waals surface area (Å²) in [7, 11) is 0. The first-order chi connectivity index (χ1) is 13.3. The molecule has 1 aliphatic rings. The highest BCUT2D eigenvalue weighted by Gasteiger charge is 2.26. The van der Waals surface area contributed by atoms with Crippen molar-refractivity contribution < 1.29 is 4.79 Å². The number of pyridine rings is 1. The van der Waals surface area contributed by atoms with Crippen LogP contribution < -0.4 is 0 Å². The number of nitrogens with zero attached hydrogens (tertiary/aromatic N) is 7. The maximum absolute atomic E-state index is 12.4. The highest BCUT2D eigenvalue weighted by atomic mass is 16.2. The number of hydrogen-bond acceptors (Lipinski definition) is 5. The zero-order chi connectivity index (χ0) is 18.5. The van der Waals surface area contributed by atoms with E-state index < -0.39 is 0 Å². The zero-order valence-electron chi connectivity index (χ0n) is 15.2. The van der Waals surface area contributed by atoms with Gasteiger partial charge in [-0.15, -0.1) is 0 Å². The molecule has 1 fully saturated rings. The van der Waals surface area contributed by atoms with Gasteiger partial charge < -0.3 is 9.47 Å². The number of amides is 1. The summed E-state index contributed by atoms with van der Waals surface area (Å²) < 4.78 is 3.89. The predicted octanol–water partition coefficient (Wildman–Crippen LogP) is 1.71. The van der Waals surface area contributed by atoms with Gasteiger partial charge in [-0.1, -0.05) is 6.07 Å². The molecule has 3 aromatic rings. The van der Waals surface area contributed by atoms with Crippen LogP contribution in [0.3, 0.4) is 0 Å². The second-order valence-corrected chi connectivity index (χ2v) is 6.84. The molecule has 0 unspecified atom stereocenters. The van der Waals surface area contributed by atoms with E-state index in [9.17, 15) is 4.79 Å². The molecular formula is C19H23N7O. The maximum atomic E-state index is 12.4. The lowest BCUT2D eigenvalue weighted by atomic mass is 9.95. The van der Waals surface area contributed by atoms with Gasteiger partial charge in [0.25, 0.3) is 0 Å². The molecule has 1 aliphatic heterocycles. The molecule has 4 heterocycles. The Morgan fingerprint density at radius 1 is 1.19 bits per heavy atom. The van der Waals surface area contributed by atoms with Crippen molar-refractivity contribution in [3.05, 3.63) is 61.0 Å². The van der Waals surface area contributed by atoms with Crippen LogP contribution in [0.2, 0.25) is 0 Å². The second-order valence-electron chi connectivity index (χ2n) is 6.84. The van der Waals surface area contributed by atoms with Crippen molar-refractivity contribution in [3.63, 3.8) is 0 Å². The molecule has 0 aromatic carbocycles. The average molecular weight is 365 g/mol. The minimum absolute atomic E-state index is 0.183. The largest absolute Gasteiger partial charge is 0.343 e. The molecule has 8 heteroatoms. The fraction of sp³-hybridized carbons (Fsp3) is 0.421. The van der Waals surface area contributed by atoms with E-state index in [0.29, 0.717) is 18.9 Å². The smallest absolute Gasteiger partial charge is 0.224 e. The SMILES string of the molecule is O=C(CCn1cncn1)N1CCC(c2nccn2Cc2cccnc2)CC1. The summed E-state index contributed by atoms with van der Waals surface area (Å²) in [5, 5.41) is 4.04. The van der Waals surface area contributed by atoms with Gasteiger partial charge in [0.05, 0.1) is 13.1 Å². The van der Waals surface area contributed by atoms with E-state index in [-0.39, 0.29) is 5.91 Å². The van der Waals surface area contributed by atoms with Crippen molar-refractivity contribution in [1.29, 1.82) is 0 Å². The molecule has 8 nitrogen and oxygen atoms in total. The van der Waals surface area contributed by atoms with E-state index >= 15 is 0 Å². The number of imidazole rings is 1. The van der Waals surface area contributed by atoms with E-state index in [1.54, 1.807) is 17.2 Å². The normalized spacial score (nSPS) is 15.2. The Morgan fingerprint density at radius 3 is 2.81 bits per heavy atom. The fourth-order valence-corrected chi connectivity index (χ4v) is 3.61. The number of carbonyl (C=O) groups excluding carboxylic acids is 1. The molecule has 27 heavy (non-hydrogen) atoms. The minimum atomic E-state index is 0.183. The van der Waals surface area contributed by atoms with Gasteiger partial charge in [0, 0.05) is 50.2 Å². The Balaban J connectivity index is 1.32. The van der Waals surface area contributed by atoms with Crippen LogP contribution in [0, 0.1) is 0 Å². The van der Waals surface area contributed by atoms with Gasteiger partial charge in [-0.05, 0) is 24.5 Å². The number of hydrogen-bond donors (Lipinski definition) is 0. The Hall–Kier alpha value is -3.03. The molecule has 0 N–H and O–H groups in total. The van der Waals surface area contributed by atoms with E-state index in [1.165, 1.54) is 6.33 Å². The molecule has 0 radical (unpaired) electrons. The van der Waals surface area contributed by atoms with Crippen LogP contribution in [-0.2, 0) is 17.9 Å². The number of aromatic nitrogens is 6. The third kappa shape index (κ3) is 4.21. The quantitative estimate of drug-likeness (QED) is 0.664. The third-order valence-electron chi connectivity index (χ3n) is 5.06. The Bertz CT molecular complexity index is 851. The summed E-state index contributed by atoms with van der Waals surface area (Å²) in [6, 6.07) is 4.03. The molecule has 1 amide bonds. The summed E-state index contributed by atoms with van der Waals surface area (Å²) in [4.78, 5) is 27.1. The molecule has 0 bridgehead atoms. The Morgan fingerprint density at radius 2 is 2.07 bits per heavy atom. The summed E-state index contributed by atoms with van der Waals surface area (Å²) in [5.41, 5.74) is 1.16. The summed E-state index contributed by atoms with van der Waals surface area (Å²) in [6.45, 7) is 2.91. The standard InChI is InChI=1S/C19H23N7O/c27-18(5-10-26-15-21-14-23-26)24-8-3-17(4-9-24)19-22-7-11-25(19)13-16-2-1-6-20-12-16/h1-2,6-7,11-12,14-15,17H,3-5,8-10,13H2. The molecule has 1 saturated heterocycles. The Kier molecular flexibility index (Phi) is 5.22. The summed E-state index contributed by atoms with van der Waals surface area (Å²) >= 11 is 0. The number of likely N-dealkylation sites (tertiary alicyclic amines) is 1. The highest BCUT2D eigenvalue weighted by molar-refractivity contribution is 5.76. The topological polar surface area (TPSA) is 81.7 Å². The van der Waals surface area contributed by atoms with Crippen LogP contribution in [-0.4, -0.2) is 53.2 Å². The van der Waals surface area contributed by atoms with Crippen molar-refractivity contribution in [2.75, 3.05) is 13.1 Å². The van der Waals surface area contributed by atoms with Gasteiger partial charge in [0.1, 0.15) is 18.5 Å². The zero-order valence-corrected chi connectivity index (χ0v) is 15.2. The number of piperidine rings is 1. The Labute approximate surface area is 157 Å². The lowest BCUT2D eigenvalue weighted by Crippen LogP contribution is -2.38. The van der Waals surface area contributed by atoms with Gasteiger partial charge in [-0.3, -0.25) is 14.5 Å². The van der Waals surface area contributed by atoms with E-state index in [4.69, 9.17) is 0 Å². The molecule has 3 aromatic heterocycles. The molecule has 4 rings (SSSR count). The first kappa shape index (κ1) is 17.4. The van der Waals surface area contributed by atoms with Crippen molar-refractivity contribution in [1.82, 2.24) is 34.2 Å². The molecule has 0 spiro atoms. The van der Waals surface area contributed by atoms with E-state index in [2.05, 4.69) is 30.7 Å². The first-order valence-corrected chi connectivity index (χ1v) is 9.30. The van der Waals surface area contributed by atoms with Gasteiger partial charge in [-0.2, -0.15) is 5.10 Å². The van der Waals surface area contributed by atoms with Gasteiger partial charge in [0.15, 0.2) is 0 Å². The van der Waals surface area contributed by atoms with Crippen molar-refractivity contribution >= 4 is 5.91 Å². The van der Waals surface area contributed by atoms with Crippen LogP contribution in [0.4, 0.5) is 0 Å². The first-order valence-electron chi connectivity index (χ1n) is 9.30. The summed E-state index contributed by atoms with van der Waals surface area (Å²) in [5.74, 6) is 1.67. The molecule has 0 atom stereocenters. The van der Waals surface area contributed by atoms with E-state index in [0.717, 1.165) is 43.9 Å².